The van der Waals surface area contributed by atoms with Crippen molar-refractivity contribution in [3.8, 4) is 0 Å². The number of amidine groups is 1. The summed E-state index contributed by atoms with van der Waals surface area (Å²) in [6, 6.07) is 16.4. The molecule has 0 saturated carbocycles. The van der Waals surface area contributed by atoms with Crippen LogP contribution in [-0.4, -0.2) is 62.8 Å². The lowest BCUT2D eigenvalue weighted by Crippen LogP contribution is -2.28. The zero-order valence-corrected chi connectivity index (χ0v) is 18.5. The van der Waals surface area contributed by atoms with Gasteiger partial charge < -0.3 is 9.80 Å². The summed E-state index contributed by atoms with van der Waals surface area (Å²) in [6.45, 7) is 4.01. The molecule has 0 N–H and O–H groups in total. The molecule has 1 aliphatic rings. The largest absolute Gasteiger partial charge is 0.373 e. The van der Waals surface area contributed by atoms with Crippen molar-refractivity contribution in [1.82, 2.24) is 9.80 Å². The first kappa shape index (κ1) is 21.5. The van der Waals surface area contributed by atoms with Crippen molar-refractivity contribution in [2.24, 2.45) is 4.99 Å². The lowest BCUT2D eigenvalue weighted by atomic mass is 10.1. The second kappa shape index (κ2) is 9.55. The highest BCUT2D eigenvalue weighted by Crippen LogP contribution is 2.20. The van der Waals surface area contributed by atoms with Crippen LogP contribution in [0.4, 0.5) is 5.69 Å². The van der Waals surface area contributed by atoms with Crippen molar-refractivity contribution in [3.63, 3.8) is 0 Å². The quantitative estimate of drug-likeness (QED) is 0.659. The second-order valence-corrected chi connectivity index (χ2v) is 7.93. The standard InChI is InChI=1S/C25H30N4O/c1-19-7-6-8-20(17-19)11-14-24-26-23(25(30)29(24)5)18-21-9-12-22(13-10-21)28(4)16-15-27(2)3/h6-14,17-18H,15-16H2,1-5H3/b14-11+,23-18-. The lowest BCUT2D eigenvalue weighted by Gasteiger charge is -2.21. The fraction of sp³-hybridized carbons (Fsp3) is 0.280. The van der Waals surface area contributed by atoms with Crippen LogP contribution in [0.15, 0.2) is 65.3 Å². The number of benzene rings is 2. The van der Waals surface area contributed by atoms with Crippen molar-refractivity contribution >= 4 is 29.6 Å². The predicted molar refractivity (Wildman–Crippen MR) is 127 cm³/mol. The Hall–Kier alpha value is -3.18. The smallest absolute Gasteiger partial charge is 0.277 e. The van der Waals surface area contributed by atoms with Gasteiger partial charge in [-0.3, -0.25) is 9.69 Å². The van der Waals surface area contributed by atoms with Crippen LogP contribution in [0.1, 0.15) is 16.7 Å². The molecule has 0 radical (unpaired) electrons. The molecular formula is C25H30N4O. The highest BCUT2D eigenvalue weighted by molar-refractivity contribution is 6.18. The number of nitrogens with zero attached hydrogens (tertiary/aromatic N) is 4. The SMILES string of the molecule is Cc1cccc(/C=C/C2=NC(=C\c3ccc(N(C)CCN(C)C)cc3)/C(=O)N2C)c1. The average Bonchev–Trinajstić information content (AvgIpc) is 2.99. The topological polar surface area (TPSA) is 39.1 Å². The van der Waals surface area contributed by atoms with Gasteiger partial charge in [0.2, 0.25) is 0 Å². The third-order valence-corrected chi connectivity index (χ3v) is 5.09. The molecule has 0 fully saturated rings. The summed E-state index contributed by atoms with van der Waals surface area (Å²) in [5, 5.41) is 0. The van der Waals surface area contributed by atoms with Crippen LogP contribution < -0.4 is 4.90 Å². The van der Waals surface area contributed by atoms with Gasteiger partial charge in [0, 0.05) is 32.9 Å². The minimum atomic E-state index is -0.0916. The van der Waals surface area contributed by atoms with E-state index in [9.17, 15) is 4.79 Å². The molecular weight excluding hydrogens is 372 g/mol. The van der Waals surface area contributed by atoms with Crippen LogP contribution in [-0.2, 0) is 4.79 Å². The number of anilines is 1. The van der Waals surface area contributed by atoms with Crippen molar-refractivity contribution in [1.29, 1.82) is 0 Å². The zero-order chi connectivity index (χ0) is 21.7. The Bertz CT molecular complexity index is 986. The van der Waals surface area contributed by atoms with Gasteiger partial charge in [0.05, 0.1) is 0 Å². The summed E-state index contributed by atoms with van der Waals surface area (Å²) in [4.78, 5) is 23.1. The molecule has 0 unspecified atom stereocenters. The molecule has 1 amide bonds. The molecule has 0 aromatic heterocycles. The number of carbonyl (C=O) groups excluding carboxylic acids is 1. The molecule has 5 heteroatoms. The van der Waals surface area contributed by atoms with Crippen LogP contribution >= 0.6 is 0 Å². The Morgan fingerprint density at radius 2 is 1.70 bits per heavy atom. The van der Waals surface area contributed by atoms with E-state index in [2.05, 4.69) is 67.1 Å². The van der Waals surface area contributed by atoms with Gasteiger partial charge in [-0.05, 0) is 56.4 Å². The van der Waals surface area contributed by atoms with Gasteiger partial charge in [-0.25, -0.2) is 4.99 Å². The molecule has 0 saturated heterocycles. The maximum Gasteiger partial charge on any atom is 0.277 e. The van der Waals surface area contributed by atoms with Gasteiger partial charge >= 0.3 is 0 Å². The number of carbonyl (C=O) groups is 1. The zero-order valence-electron chi connectivity index (χ0n) is 18.5. The molecule has 0 bridgehead atoms. The van der Waals surface area contributed by atoms with Crippen LogP contribution in [0.3, 0.4) is 0 Å². The monoisotopic (exact) mass is 402 g/mol. The van der Waals surface area contributed by atoms with E-state index < -0.39 is 0 Å². The Morgan fingerprint density at radius 3 is 2.37 bits per heavy atom. The molecule has 3 rings (SSSR count). The fourth-order valence-electron chi connectivity index (χ4n) is 3.17. The predicted octanol–water partition coefficient (Wildman–Crippen LogP) is 3.92. The summed E-state index contributed by atoms with van der Waals surface area (Å²) in [5.41, 5.74) is 4.86. The minimum absolute atomic E-state index is 0.0916. The Kier molecular flexibility index (Phi) is 6.85. The maximum absolute atomic E-state index is 12.6. The van der Waals surface area contributed by atoms with Crippen LogP contribution in [0.2, 0.25) is 0 Å². The molecule has 30 heavy (non-hydrogen) atoms. The number of amides is 1. The molecule has 156 valence electrons. The number of aryl methyl sites for hydroxylation is 1. The van der Waals surface area contributed by atoms with Gasteiger partial charge in [0.1, 0.15) is 11.5 Å². The molecule has 1 heterocycles. The number of likely N-dealkylation sites (N-methyl/N-ethyl adjacent to an activating group) is 3. The molecule has 0 spiro atoms. The van der Waals surface area contributed by atoms with Crippen LogP contribution in [0.25, 0.3) is 12.2 Å². The van der Waals surface area contributed by atoms with Crippen LogP contribution in [0, 0.1) is 6.92 Å². The van der Waals surface area contributed by atoms with Crippen molar-refractivity contribution in [3.05, 3.63) is 77.0 Å². The number of aliphatic imine (C=N–C) groups is 1. The normalized spacial score (nSPS) is 15.5. The van der Waals surface area contributed by atoms with Gasteiger partial charge in [-0.2, -0.15) is 0 Å². The minimum Gasteiger partial charge on any atom is -0.373 e. The molecule has 0 atom stereocenters. The first-order chi connectivity index (χ1) is 14.3. The van der Waals surface area contributed by atoms with E-state index in [0.29, 0.717) is 11.5 Å². The molecule has 1 aliphatic heterocycles. The number of hydrogen-bond acceptors (Lipinski definition) is 4. The van der Waals surface area contributed by atoms with E-state index in [1.165, 1.54) is 5.56 Å². The van der Waals surface area contributed by atoms with Crippen molar-refractivity contribution < 1.29 is 4.79 Å². The van der Waals surface area contributed by atoms with Gasteiger partial charge in [0.25, 0.3) is 5.91 Å². The number of rotatable bonds is 7. The van der Waals surface area contributed by atoms with Crippen LogP contribution in [0.5, 0.6) is 0 Å². The Labute approximate surface area is 179 Å². The lowest BCUT2D eigenvalue weighted by molar-refractivity contribution is -0.121. The average molecular weight is 403 g/mol. The summed E-state index contributed by atoms with van der Waals surface area (Å²) in [7, 11) is 7.99. The Balaban J connectivity index is 1.73. The van der Waals surface area contributed by atoms with E-state index in [1.54, 1.807) is 11.9 Å². The summed E-state index contributed by atoms with van der Waals surface area (Å²) >= 11 is 0. The van der Waals surface area contributed by atoms with E-state index in [0.717, 1.165) is 29.9 Å². The molecule has 2 aromatic rings. The number of hydrogen-bond donors (Lipinski definition) is 0. The first-order valence-electron chi connectivity index (χ1n) is 10.1. The molecule has 5 nitrogen and oxygen atoms in total. The molecule has 0 aliphatic carbocycles. The summed E-state index contributed by atoms with van der Waals surface area (Å²) in [6.07, 6.45) is 5.71. The van der Waals surface area contributed by atoms with E-state index in [4.69, 9.17) is 0 Å². The van der Waals surface area contributed by atoms with Gasteiger partial charge in [-0.1, -0.05) is 48.0 Å². The van der Waals surface area contributed by atoms with Crippen molar-refractivity contribution in [2.75, 3.05) is 46.2 Å². The summed E-state index contributed by atoms with van der Waals surface area (Å²) < 4.78 is 0. The third kappa shape index (κ3) is 5.45. The van der Waals surface area contributed by atoms with Crippen molar-refractivity contribution in [2.45, 2.75) is 6.92 Å². The second-order valence-electron chi connectivity index (χ2n) is 7.93. The maximum atomic E-state index is 12.6. The van der Waals surface area contributed by atoms with E-state index in [1.807, 2.05) is 42.5 Å². The first-order valence-corrected chi connectivity index (χ1v) is 10.1. The molecule has 2 aromatic carbocycles. The highest BCUT2D eigenvalue weighted by atomic mass is 16.2. The third-order valence-electron chi connectivity index (χ3n) is 5.09. The van der Waals surface area contributed by atoms with E-state index >= 15 is 0 Å². The van der Waals surface area contributed by atoms with E-state index in [-0.39, 0.29) is 5.91 Å². The fourth-order valence-corrected chi connectivity index (χ4v) is 3.17. The Morgan fingerprint density at radius 1 is 0.967 bits per heavy atom. The highest BCUT2D eigenvalue weighted by Gasteiger charge is 2.25. The van der Waals surface area contributed by atoms with Gasteiger partial charge in [0.15, 0.2) is 0 Å². The summed E-state index contributed by atoms with van der Waals surface area (Å²) in [5.74, 6) is 0.555. The van der Waals surface area contributed by atoms with Gasteiger partial charge in [-0.15, -0.1) is 0 Å².